The third-order valence-corrected chi connectivity index (χ3v) is 6.33. The lowest BCUT2D eigenvalue weighted by Gasteiger charge is -2.45. The number of nitro groups is 1. The molecule has 8 heteroatoms. The van der Waals surface area contributed by atoms with Gasteiger partial charge in [-0.05, 0) is 74.1 Å². The Morgan fingerprint density at radius 1 is 1.31 bits per heavy atom. The average Bonchev–Trinajstić information content (AvgIpc) is 3.16. The number of hydrogen-bond acceptors (Lipinski definition) is 6. The molecule has 166 valence electrons. The first-order valence-electron chi connectivity index (χ1n) is 10.5. The Hall–Kier alpha value is -3.68. The number of amides is 1. The minimum Gasteiger partial charge on any atom is -0.451 e. The Bertz CT molecular complexity index is 1260. The molecule has 32 heavy (non-hydrogen) atoms. The molecule has 1 aliphatic rings. The molecule has 1 unspecified atom stereocenters. The number of non-ortho nitro benzene ring substituents is 1. The molecule has 2 aromatic carbocycles. The van der Waals surface area contributed by atoms with Gasteiger partial charge >= 0.3 is 5.91 Å². The summed E-state index contributed by atoms with van der Waals surface area (Å²) in [6.45, 7) is 8.76. The first kappa shape index (κ1) is 21.5. The van der Waals surface area contributed by atoms with Gasteiger partial charge in [0.05, 0.1) is 11.1 Å². The number of nitrogens with one attached hydrogen (secondary N) is 1. The van der Waals surface area contributed by atoms with E-state index < -0.39 is 10.8 Å². The first-order valence-corrected chi connectivity index (χ1v) is 10.5. The van der Waals surface area contributed by atoms with E-state index >= 15 is 0 Å². The van der Waals surface area contributed by atoms with E-state index in [1.54, 1.807) is 6.21 Å². The van der Waals surface area contributed by atoms with Gasteiger partial charge < -0.3 is 9.32 Å². The molecule has 2 heterocycles. The van der Waals surface area contributed by atoms with Crippen molar-refractivity contribution >= 4 is 34.5 Å². The lowest BCUT2D eigenvalue weighted by Crippen LogP contribution is -2.45. The highest BCUT2D eigenvalue weighted by atomic mass is 16.6. The summed E-state index contributed by atoms with van der Waals surface area (Å²) < 4.78 is 5.50. The molecule has 1 amide bonds. The predicted molar refractivity (Wildman–Crippen MR) is 125 cm³/mol. The number of benzene rings is 2. The van der Waals surface area contributed by atoms with Gasteiger partial charge in [-0.25, -0.2) is 5.43 Å². The fourth-order valence-corrected chi connectivity index (χ4v) is 4.35. The number of anilines is 1. The van der Waals surface area contributed by atoms with Crippen LogP contribution in [0, 0.1) is 17.0 Å². The van der Waals surface area contributed by atoms with Crippen LogP contribution in [0.4, 0.5) is 11.4 Å². The second-order valence-corrected chi connectivity index (χ2v) is 9.03. The summed E-state index contributed by atoms with van der Waals surface area (Å²) in [6.07, 6.45) is 2.69. The third kappa shape index (κ3) is 3.84. The molecule has 0 spiro atoms. The second kappa shape index (κ2) is 7.78. The number of furan rings is 1. The van der Waals surface area contributed by atoms with Crippen molar-refractivity contribution in [1.29, 1.82) is 0 Å². The number of carbonyl (C=O) groups excluding carboxylic acids is 1. The summed E-state index contributed by atoms with van der Waals surface area (Å²) in [5.74, 6) is -0.0685. The largest absolute Gasteiger partial charge is 0.451 e. The van der Waals surface area contributed by atoms with Crippen molar-refractivity contribution in [3.05, 3.63) is 69.0 Å². The maximum atomic E-state index is 12.4. The quantitative estimate of drug-likeness (QED) is 0.348. The van der Waals surface area contributed by atoms with Crippen molar-refractivity contribution in [2.45, 2.75) is 45.6 Å². The average molecular weight is 434 g/mol. The van der Waals surface area contributed by atoms with Gasteiger partial charge in [-0.3, -0.25) is 14.9 Å². The molecule has 0 saturated heterocycles. The Morgan fingerprint density at radius 3 is 2.78 bits per heavy atom. The standard InChI is InChI=1S/C24H26N4O4/c1-14-8-20-19(15(2)12-24(3,4)27(20)5)10-17(14)13-25-26-23(29)22-11-16-9-18(28(30)31)6-7-21(16)32-22/h6-11,13,15H,12H2,1-5H3,(H,26,29)/b25-13-. The highest BCUT2D eigenvalue weighted by molar-refractivity contribution is 5.97. The number of aryl methyl sites for hydroxylation is 1. The van der Waals surface area contributed by atoms with Crippen molar-refractivity contribution in [1.82, 2.24) is 5.43 Å². The highest BCUT2D eigenvalue weighted by Crippen LogP contribution is 2.43. The number of hydrazone groups is 1. The van der Waals surface area contributed by atoms with Crippen LogP contribution < -0.4 is 10.3 Å². The summed E-state index contributed by atoms with van der Waals surface area (Å²) in [4.78, 5) is 25.2. The van der Waals surface area contributed by atoms with Gasteiger partial charge in [0.1, 0.15) is 5.58 Å². The Morgan fingerprint density at radius 2 is 2.06 bits per heavy atom. The van der Waals surface area contributed by atoms with Gasteiger partial charge in [0.2, 0.25) is 0 Å². The lowest BCUT2D eigenvalue weighted by atomic mass is 9.79. The van der Waals surface area contributed by atoms with E-state index in [1.165, 1.54) is 35.5 Å². The van der Waals surface area contributed by atoms with Crippen LogP contribution >= 0.6 is 0 Å². The van der Waals surface area contributed by atoms with Crippen LogP contribution in [-0.4, -0.2) is 29.6 Å². The summed E-state index contributed by atoms with van der Waals surface area (Å²) in [6, 6.07) is 9.96. The molecule has 0 radical (unpaired) electrons. The Balaban J connectivity index is 1.53. The van der Waals surface area contributed by atoms with E-state index in [-0.39, 0.29) is 17.0 Å². The third-order valence-electron chi connectivity index (χ3n) is 6.33. The van der Waals surface area contributed by atoms with E-state index in [9.17, 15) is 14.9 Å². The summed E-state index contributed by atoms with van der Waals surface area (Å²) >= 11 is 0. The second-order valence-electron chi connectivity index (χ2n) is 9.03. The molecular weight excluding hydrogens is 408 g/mol. The first-order chi connectivity index (χ1) is 15.1. The van der Waals surface area contributed by atoms with Crippen LogP contribution in [0.5, 0.6) is 0 Å². The SMILES string of the molecule is Cc1cc2c(cc1/C=N\NC(=O)c1cc3cc([N+](=O)[O-])ccc3o1)C(C)CC(C)(C)N2C. The normalized spacial score (nSPS) is 17.5. The number of carbonyl (C=O) groups is 1. The minimum absolute atomic E-state index is 0.0392. The monoisotopic (exact) mass is 434 g/mol. The number of rotatable bonds is 4. The molecule has 1 N–H and O–H groups in total. The lowest BCUT2D eigenvalue weighted by molar-refractivity contribution is -0.384. The van der Waals surface area contributed by atoms with E-state index in [1.807, 2.05) is 6.92 Å². The molecule has 8 nitrogen and oxygen atoms in total. The topological polar surface area (TPSA) is 101 Å². The van der Waals surface area contributed by atoms with Gasteiger partial charge in [0.15, 0.2) is 5.76 Å². The van der Waals surface area contributed by atoms with Crippen LogP contribution in [0.3, 0.4) is 0 Å². The van der Waals surface area contributed by atoms with Crippen LogP contribution in [0.2, 0.25) is 0 Å². The van der Waals surface area contributed by atoms with Gasteiger partial charge in [-0.15, -0.1) is 0 Å². The van der Waals surface area contributed by atoms with Crippen LogP contribution in [0.15, 0.2) is 45.9 Å². The predicted octanol–water partition coefficient (Wildman–Crippen LogP) is 5.14. The molecule has 1 aliphatic heterocycles. The van der Waals surface area contributed by atoms with Crippen LogP contribution in [0.1, 0.15) is 60.4 Å². The molecule has 0 saturated carbocycles. The molecule has 4 rings (SSSR count). The zero-order valence-electron chi connectivity index (χ0n) is 18.8. The molecule has 0 fully saturated rings. The van der Waals surface area contributed by atoms with E-state index in [4.69, 9.17) is 4.42 Å². The zero-order valence-corrected chi connectivity index (χ0v) is 18.8. The van der Waals surface area contributed by atoms with Gasteiger partial charge in [-0.2, -0.15) is 5.10 Å². The summed E-state index contributed by atoms with van der Waals surface area (Å²) in [5, 5.41) is 15.5. The smallest absolute Gasteiger partial charge is 0.307 e. The number of nitro benzene ring substituents is 1. The zero-order chi connectivity index (χ0) is 23.2. The molecule has 0 aliphatic carbocycles. The molecule has 3 aromatic rings. The Labute approximate surface area is 186 Å². The van der Waals surface area contributed by atoms with Gasteiger partial charge in [0, 0.05) is 35.8 Å². The fourth-order valence-electron chi connectivity index (χ4n) is 4.35. The summed E-state index contributed by atoms with van der Waals surface area (Å²) in [5.41, 5.74) is 7.40. The van der Waals surface area contributed by atoms with Crippen molar-refractivity contribution in [3.8, 4) is 0 Å². The van der Waals surface area contributed by atoms with E-state index in [2.05, 4.69) is 55.4 Å². The van der Waals surface area contributed by atoms with Crippen LogP contribution in [-0.2, 0) is 0 Å². The van der Waals surface area contributed by atoms with Crippen LogP contribution in [0.25, 0.3) is 11.0 Å². The van der Waals surface area contributed by atoms with E-state index in [0.717, 1.165) is 17.5 Å². The van der Waals surface area contributed by atoms with Gasteiger partial charge in [-0.1, -0.05) is 6.92 Å². The van der Waals surface area contributed by atoms with E-state index in [0.29, 0.717) is 16.9 Å². The number of fused-ring (bicyclic) bond motifs is 2. The van der Waals surface area contributed by atoms with Crippen molar-refractivity contribution in [2.75, 3.05) is 11.9 Å². The molecule has 1 atom stereocenters. The van der Waals surface area contributed by atoms with Gasteiger partial charge in [0.25, 0.3) is 5.69 Å². The molecule has 0 bridgehead atoms. The number of hydrogen-bond donors (Lipinski definition) is 1. The summed E-state index contributed by atoms with van der Waals surface area (Å²) in [7, 11) is 2.13. The maximum Gasteiger partial charge on any atom is 0.307 e. The van der Waals surface area contributed by atoms with Crippen molar-refractivity contribution in [2.24, 2.45) is 5.10 Å². The minimum atomic E-state index is -0.523. The van der Waals surface area contributed by atoms with Crippen molar-refractivity contribution < 1.29 is 14.1 Å². The fraction of sp³-hybridized carbons (Fsp3) is 0.333. The Kier molecular flexibility index (Phi) is 5.24. The van der Waals surface area contributed by atoms with Crippen molar-refractivity contribution in [3.63, 3.8) is 0 Å². The molecule has 1 aromatic heterocycles. The molecular formula is C24H26N4O4. The highest BCUT2D eigenvalue weighted by Gasteiger charge is 2.34. The maximum absolute atomic E-state index is 12.4. The number of nitrogens with zero attached hydrogens (tertiary/aromatic N) is 3.